The maximum atomic E-state index is 6.30. The molecule has 3 heterocycles. The summed E-state index contributed by atoms with van der Waals surface area (Å²) in [6, 6.07) is 0.407. The van der Waals surface area contributed by atoms with Gasteiger partial charge in [-0.25, -0.2) is 9.97 Å². The molecule has 0 amide bonds. The smallest absolute Gasteiger partial charge is 0.223 e. The van der Waals surface area contributed by atoms with E-state index < -0.39 is 0 Å². The predicted molar refractivity (Wildman–Crippen MR) is 88.2 cm³/mol. The van der Waals surface area contributed by atoms with Crippen LogP contribution >= 0.6 is 11.6 Å². The molecule has 0 saturated carbocycles. The van der Waals surface area contributed by atoms with Crippen molar-refractivity contribution in [2.75, 3.05) is 18.4 Å². The van der Waals surface area contributed by atoms with Gasteiger partial charge in [0.25, 0.3) is 0 Å². The highest BCUT2D eigenvalue weighted by Crippen LogP contribution is 2.31. The third kappa shape index (κ3) is 3.23. The number of piperidine rings is 1. The zero-order chi connectivity index (χ0) is 15.5. The Hall–Kier alpha value is -1.66. The van der Waals surface area contributed by atoms with Crippen LogP contribution in [0.15, 0.2) is 12.4 Å². The van der Waals surface area contributed by atoms with Crippen molar-refractivity contribution in [3.05, 3.63) is 23.1 Å². The first-order valence-corrected chi connectivity index (χ1v) is 8.06. The average molecular weight is 321 g/mol. The van der Waals surface area contributed by atoms with Crippen LogP contribution in [0.2, 0.25) is 5.02 Å². The SMILES string of the molecule is CC(C)c1[nH]ncc1-c1nc(NC2CCNCC2)ncc1Cl. The molecule has 1 aliphatic heterocycles. The summed E-state index contributed by atoms with van der Waals surface area (Å²) in [5.74, 6) is 0.951. The third-order valence-electron chi connectivity index (χ3n) is 3.92. The van der Waals surface area contributed by atoms with Crippen molar-refractivity contribution in [2.24, 2.45) is 0 Å². The number of hydrogen-bond acceptors (Lipinski definition) is 5. The molecular weight excluding hydrogens is 300 g/mol. The summed E-state index contributed by atoms with van der Waals surface area (Å²) in [7, 11) is 0. The molecule has 1 aliphatic rings. The number of aromatic amines is 1. The van der Waals surface area contributed by atoms with Gasteiger partial charge in [0.05, 0.1) is 23.1 Å². The van der Waals surface area contributed by atoms with Gasteiger partial charge >= 0.3 is 0 Å². The first-order chi connectivity index (χ1) is 10.6. The third-order valence-corrected chi connectivity index (χ3v) is 4.19. The number of anilines is 1. The van der Waals surface area contributed by atoms with Gasteiger partial charge in [-0.2, -0.15) is 5.10 Å². The molecule has 0 spiro atoms. The Morgan fingerprint density at radius 2 is 2.05 bits per heavy atom. The van der Waals surface area contributed by atoms with Gasteiger partial charge in [-0.1, -0.05) is 25.4 Å². The van der Waals surface area contributed by atoms with Crippen molar-refractivity contribution in [2.45, 2.75) is 38.6 Å². The Bertz CT molecular complexity index is 633. The summed E-state index contributed by atoms with van der Waals surface area (Å²) < 4.78 is 0. The summed E-state index contributed by atoms with van der Waals surface area (Å²) in [5, 5.41) is 14.5. The van der Waals surface area contributed by atoms with Gasteiger partial charge in [0.1, 0.15) is 0 Å². The average Bonchev–Trinajstić information content (AvgIpc) is 3.00. The highest BCUT2D eigenvalue weighted by molar-refractivity contribution is 6.32. The van der Waals surface area contributed by atoms with Crippen molar-refractivity contribution in [1.29, 1.82) is 0 Å². The van der Waals surface area contributed by atoms with Crippen molar-refractivity contribution >= 4 is 17.5 Å². The van der Waals surface area contributed by atoms with Gasteiger partial charge in [-0.3, -0.25) is 5.10 Å². The zero-order valence-electron chi connectivity index (χ0n) is 12.9. The maximum Gasteiger partial charge on any atom is 0.223 e. The Balaban J connectivity index is 1.87. The minimum atomic E-state index is 0.323. The van der Waals surface area contributed by atoms with Gasteiger partial charge in [-0.15, -0.1) is 0 Å². The lowest BCUT2D eigenvalue weighted by Gasteiger charge is -2.23. The summed E-state index contributed by atoms with van der Waals surface area (Å²) in [6.07, 6.45) is 5.58. The molecular formula is C15H21ClN6. The quantitative estimate of drug-likeness (QED) is 0.807. The second kappa shape index (κ2) is 6.62. The Kier molecular flexibility index (Phi) is 4.59. The molecule has 7 heteroatoms. The molecule has 0 aromatic carbocycles. The van der Waals surface area contributed by atoms with E-state index in [-0.39, 0.29) is 0 Å². The fourth-order valence-corrected chi connectivity index (χ4v) is 2.89. The van der Waals surface area contributed by atoms with Crippen molar-refractivity contribution in [3.63, 3.8) is 0 Å². The maximum absolute atomic E-state index is 6.30. The summed E-state index contributed by atoms with van der Waals surface area (Å²) in [5.41, 5.74) is 2.70. The van der Waals surface area contributed by atoms with Crippen LogP contribution < -0.4 is 10.6 Å². The molecule has 6 nitrogen and oxygen atoms in total. The standard InChI is InChI=1S/C15H21ClN6/c1-9(2)13-11(7-19-22-13)14-12(16)8-18-15(21-14)20-10-3-5-17-6-4-10/h7-10,17H,3-6H2,1-2H3,(H,19,22)(H,18,20,21). The van der Waals surface area contributed by atoms with Crippen LogP contribution in [0, 0.1) is 0 Å². The Morgan fingerprint density at radius 3 is 2.77 bits per heavy atom. The highest BCUT2D eigenvalue weighted by Gasteiger charge is 2.18. The summed E-state index contributed by atoms with van der Waals surface area (Å²) in [4.78, 5) is 8.93. The highest BCUT2D eigenvalue weighted by atomic mass is 35.5. The van der Waals surface area contributed by atoms with E-state index in [1.54, 1.807) is 12.4 Å². The lowest BCUT2D eigenvalue weighted by atomic mass is 10.0. The predicted octanol–water partition coefficient (Wildman–Crippen LogP) is 2.81. The van der Waals surface area contributed by atoms with Crippen LogP contribution in [-0.2, 0) is 0 Å². The van der Waals surface area contributed by atoms with Crippen LogP contribution in [0.5, 0.6) is 0 Å². The van der Waals surface area contributed by atoms with Gasteiger partial charge in [-0.05, 0) is 31.8 Å². The normalized spacial score (nSPS) is 16.2. The van der Waals surface area contributed by atoms with E-state index in [1.165, 1.54) is 0 Å². The van der Waals surface area contributed by atoms with E-state index in [9.17, 15) is 0 Å². The lowest BCUT2D eigenvalue weighted by molar-refractivity contribution is 0.477. The van der Waals surface area contributed by atoms with Crippen LogP contribution in [0.4, 0.5) is 5.95 Å². The van der Waals surface area contributed by atoms with E-state index in [0.717, 1.165) is 42.9 Å². The number of nitrogens with zero attached hydrogens (tertiary/aromatic N) is 3. The number of halogens is 1. The van der Waals surface area contributed by atoms with Gasteiger partial charge in [0.2, 0.25) is 5.95 Å². The molecule has 0 unspecified atom stereocenters. The molecule has 22 heavy (non-hydrogen) atoms. The fourth-order valence-electron chi connectivity index (χ4n) is 2.70. The Morgan fingerprint density at radius 1 is 1.27 bits per heavy atom. The van der Waals surface area contributed by atoms with E-state index in [0.29, 0.717) is 22.9 Å². The number of aromatic nitrogens is 4. The molecule has 3 N–H and O–H groups in total. The first kappa shape index (κ1) is 15.2. The zero-order valence-corrected chi connectivity index (χ0v) is 13.6. The molecule has 0 radical (unpaired) electrons. The molecule has 2 aromatic rings. The van der Waals surface area contributed by atoms with Crippen LogP contribution in [0.1, 0.15) is 38.3 Å². The molecule has 0 bridgehead atoms. The fraction of sp³-hybridized carbons (Fsp3) is 0.533. The molecule has 2 aromatic heterocycles. The minimum Gasteiger partial charge on any atom is -0.351 e. The van der Waals surface area contributed by atoms with Gasteiger partial charge < -0.3 is 10.6 Å². The minimum absolute atomic E-state index is 0.323. The molecule has 1 fully saturated rings. The molecule has 118 valence electrons. The van der Waals surface area contributed by atoms with Gasteiger partial charge in [0, 0.05) is 17.3 Å². The second-order valence-corrected chi connectivity index (χ2v) is 6.32. The van der Waals surface area contributed by atoms with Crippen LogP contribution in [0.25, 0.3) is 11.3 Å². The number of rotatable bonds is 4. The van der Waals surface area contributed by atoms with E-state index >= 15 is 0 Å². The topological polar surface area (TPSA) is 78.5 Å². The summed E-state index contributed by atoms with van der Waals surface area (Å²) in [6.45, 7) is 6.27. The summed E-state index contributed by atoms with van der Waals surface area (Å²) >= 11 is 6.30. The van der Waals surface area contributed by atoms with Gasteiger partial charge in [0.15, 0.2) is 0 Å². The molecule has 0 atom stereocenters. The van der Waals surface area contributed by atoms with E-state index in [2.05, 4.69) is 44.6 Å². The largest absolute Gasteiger partial charge is 0.351 e. The number of nitrogens with one attached hydrogen (secondary N) is 3. The van der Waals surface area contributed by atoms with Crippen molar-refractivity contribution in [1.82, 2.24) is 25.5 Å². The molecule has 1 saturated heterocycles. The first-order valence-electron chi connectivity index (χ1n) is 7.68. The van der Waals surface area contributed by atoms with E-state index in [1.807, 2.05) is 0 Å². The Labute approximate surface area is 135 Å². The lowest BCUT2D eigenvalue weighted by Crippen LogP contribution is -2.35. The van der Waals surface area contributed by atoms with Crippen molar-refractivity contribution < 1.29 is 0 Å². The monoisotopic (exact) mass is 320 g/mol. The molecule has 3 rings (SSSR count). The number of hydrogen-bond donors (Lipinski definition) is 3. The van der Waals surface area contributed by atoms with Crippen LogP contribution in [0.3, 0.4) is 0 Å². The number of H-pyrrole nitrogens is 1. The van der Waals surface area contributed by atoms with Crippen LogP contribution in [-0.4, -0.2) is 39.3 Å². The second-order valence-electron chi connectivity index (χ2n) is 5.91. The van der Waals surface area contributed by atoms with Crippen molar-refractivity contribution in [3.8, 4) is 11.3 Å². The van der Waals surface area contributed by atoms with E-state index in [4.69, 9.17) is 11.6 Å². The molecule has 0 aliphatic carbocycles.